The van der Waals surface area contributed by atoms with Gasteiger partial charge >= 0.3 is 0 Å². The van der Waals surface area contributed by atoms with Crippen LogP contribution in [0.5, 0.6) is 0 Å². The van der Waals surface area contributed by atoms with Crippen molar-refractivity contribution in [2.45, 2.75) is 50.6 Å². The number of carbonyl (C=O) groups excluding carboxylic acids is 1. The number of thioether (sulfide) groups is 1. The van der Waals surface area contributed by atoms with Crippen LogP contribution >= 0.6 is 24.2 Å². The van der Waals surface area contributed by atoms with Crippen molar-refractivity contribution in [3.8, 4) is 0 Å². The normalized spacial score (nSPS) is 23.1. The van der Waals surface area contributed by atoms with E-state index in [0.29, 0.717) is 12.5 Å². The maximum Gasteiger partial charge on any atom is 0.222 e. The zero-order valence-electron chi connectivity index (χ0n) is 13.8. The highest BCUT2D eigenvalue weighted by atomic mass is 35.5. The first-order chi connectivity index (χ1) is 10.7. The molecule has 1 saturated carbocycles. The highest BCUT2D eigenvalue weighted by Crippen LogP contribution is 2.39. The average Bonchev–Trinajstić information content (AvgIpc) is 2.98. The monoisotopic (exact) mass is 354 g/mol. The highest BCUT2D eigenvalue weighted by molar-refractivity contribution is 7.99. The Morgan fingerprint density at radius 3 is 2.83 bits per heavy atom. The van der Waals surface area contributed by atoms with Gasteiger partial charge in [0.15, 0.2) is 0 Å². The van der Waals surface area contributed by atoms with Gasteiger partial charge < -0.3 is 10.6 Å². The van der Waals surface area contributed by atoms with Gasteiger partial charge in [-0.05, 0) is 25.3 Å². The minimum atomic E-state index is -0.134. The number of halogens is 1. The Bertz CT molecular complexity index is 526. The molecule has 1 amide bonds. The van der Waals surface area contributed by atoms with E-state index in [1.165, 1.54) is 24.0 Å². The van der Waals surface area contributed by atoms with Gasteiger partial charge in [-0.2, -0.15) is 11.8 Å². The van der Waals surface area contributed by atoms with Crippen molar-refractivity contribution in [3.63, 3.8) is 0 Å². The van der Waals surface area contributed by atoms with Crippen molar-refractivity contribution in [2.75, 3.05) is 18.1 Å². The lowest BCUT2D eigenvalue weighted by atomic mass is 9.87. The third-order valence-electron chi connectivity index (χ3n) is 4.84. The molecule has 23 heavy (non-hydrogen) atoms. The quantitative estimate of drug-likeness (QED) is 0.870. The van der Waals surface area contributed by atoms with Crippen LogP contribution in [-0.2, 0) is 10.3 Å². The molecule has 2 N–H and O–H groups in total. The predicted octanol–water partition coefficient (Wildman–Crippen LogP) is 3.40. The zero-order chi connectivity index (χ0) is 15.4. The summed E-state index contributed by atoms with van der Waals surface area (Å²) in [4.78, 5) is 12.6. The van der Waals surface area contributed by atoms with E-state index < -0.39 is 0 Å². The van der Waals surface area contributed by atoms with Gasteiger partial charge in [0.2, 0.25) is 5.91 Å². The van der Waals surface area contributed by atoms with E-state index in [1.54, 1.807) is 0 Å². The lowest BCUT2D eigenvalue weighted by Crippen LogP contribution is -2.47. The van der Waals surface area contributed by atoms with Gasteiger partial charge in [0.05, 0.1) is 5.54 Å². The molecule has 1 unspecified atom stereocenters. The van der Waals surface area contributed by atoms with E-state index in [4.69, 9.17) is 0 Å². The second-order valence-corrected chi connectivity index (χ2v) is 7.79. The van der Waals surface area contributed by atoms with Gasteiger partial charge in [-0.1, -0.05) is 42.7 Å². The topological polar surface area (TPSA) is 41.1 Å². The number of amides is 1. The smallest absolute Gasteiger partial charge is 0.222 e. The summed E-state index contributed by atoms with van der Waals surface area (Å²) in [6.45, 7) is 3.14. The van der Waals surface area contributed by atoms with Crippen molar-refractivity contribution in [1.82, 2.24) is 10.6 Å². The zero-order valence-corrected chi connectivity index (χ0v) is 15.4. The van der Waals surface area contributed by atoms with Gasteiger partial charge in [0.25, 0.3) is 0 Å². The van der Waals surface area contributed by atoms with E-state index >= 15 is 0 Å². The molecule has 1 atom stereocenters. The minimum absolute atomic E-state index is 0. The van der Waals surface area contributed by atoms with Crippen LogP contribution in [0.4, 0.5) is 0 Å². The molecule has 3 rings (SSSR count). The van der Waals surface area contributed by atoms with Crippen molar-refractivity contribution in [2.24, 2.45) is 0 Å². The second kappa shape index (κ2) is 8.41. The molecule has 2 fully saturated rings. The number of rotatable bonds is 4. The van der Waals surface area contributed by atoms with E-state index in [1.807, 2.05) is 11.8 Å². The third-order valence-corrected chi connectivity index (χ3v) is 5.97. The molecule has 2 aliphatic rings. The molecule has 3 nitrogen and oxygen atoms in total. The van der Waals surface area contributed by atoms with Crippen molar-refractivity contribution >= 4 is 30.1 Å². The minimum Gasteiger partial charge on any atom is -0.347 e. The van der Waals surface area contributed by atoms with Crippen LogP contribution in [0.15, 0.2) is 24.3 Å². The summed E-state index contributed by atoms with van der Waals surface area (Å²) in [5, 5.41) is 6.85. The molecule has 1 aromatic carbocycles. The van der Waals surface area contributed by atoms with E-state index in [0.717, 1.165) is 30.9 Å². The Balaban J connectivity index is 0.00000192. The number of carbonyl (C=O) groups is 1. The van der Waals surface area contributed by atoms with Gasteiger partial charge in [-0.25, -0.2) is 0 Å². The van der Waals surface area contributed by atoms with E-state index in [2.05, 4.69) is 41.8 Å². The van der Waals surface area contributed by atoms with E-state index in [-0.39, 0.29) is 23.9 Å². The molecule has 5 heteroatoms. The molecule has 0 spiro atoms. The highest BCUT2D eigenvalue weighted by Gasteiger charge is 2.37. The van der Waals surface area contributed by atoms with Crippen LogP contribution < -0.4 is 10.6 Å². The lowest BCUT2D eigenvalue weighted by molar-refractivity contribution is -0.123. The van der Waals surface area contributed by atoms with Crippen LogP contribution in [0, 0.1) is 6.92 Å². The fraction of sp³-hybridized carbons (Fsp3) is 0.611. The SMILES string of the molecule is Cc1cccc(C2(NC(=O)CC3CSCCN3)CCCC2)c1.Cl. The predicted molar refractivity (Wildman–Crippen MR) is 100 cm³/mol. The Morgan fingerprint density at radius 2 is 2.17 bits per heavy atom. The summed E-state index contributed by atoms with van der Waals surface area (Å²) in [5.41, 5.74) is 2.41. The van der Waals surface area contributed by atoms with Crippen LogP contribution in [0.3, 0.4) is 0 Å². The molecule has 1 saturated heterocycles. The molecule has 1 aliphatic heterocycles. The number of hydrogen-bond donors (Lipinski definition) is 2. The maximum absolute atomic E-state index is 12.6. The van der Waals surface area contributed by atoms with Gasteiger partial charge in [0, 0.05) is 30.5 Å². The molecule has 1 aliphatic carbocycles. The first kappa shape index (κ1) is 18.6. The van der Waals surface area contributed by atoms with Gasteiger partial charge in [-0.3, -0.25) is 4.79 Å². The Morgan fingerprint density at radius 1 is 1.39 bits per heavy atom. The van der Waals surface area contributed by atoms with Gasteiger partial charge in [-0.15, -0.1) is 12.4 Å². The van der Waals surface area contributed by atoms with Crippen molar-refractivity contribution in [3.05, 3.63) is 35.4 Å². The molecule has 0 aromatic heterocycles. The van der Waals surface area contributed by atoms with Crippen LogP contribution in [0.2, 0.25) is 0 Å². The molecular formula is C18H27ClN2OS. The molecular weight excluding hydrogens is 328 g/mol. The Kier molecular flexibility index (Phi) is 6.81. The summed E-state index contributed by atoms with van der Waals surface area (Å²) >= 11 is 1.94. The van der Waals surface area contributed by atoms with Crippen molar-refractivity contribution in [1.29, 1.82) is 0 Å². The standard InChI is InChI=1S/C18H26N2OS.ClH/c1-14-5-4-6-15(11-14)18(7-2-3-8-18)20-17(21)12-16-13-22-10-9-19-16;/h4-6,11,16,19H,2-3,7-10,12-13H2,1H3,(H,20,21);1H. The Hall–Kier alpha value is -0.710. The molecule has 1 aromatic rings. The number of aryl methyl sites for hydroxylation is 1. The summed E-state index contributed by atoms with van der Waals surface area (Å²) in [6, 6.07) is 8.97. The van der Waals surface area contributed by atoms with Crippen LogP contribution in [0.25, 0.3) is 0 Å². The molecule has 0 bridgehead atoms. The summed E-state index contributed by atoms with van der Waals surface area (Å²) < 4.78 is 0. The average molecular weight is 355 g/mol. The third kappa shape index (κ3) is 4.65. The lowest BCUT2D eigenvalue weighted by Gasteiger charge is -2.32. The number of nitrogens with one attached hydrogen (secondary N) is 2. The number of benzene rings is 1. The number of hydrogen-bond acceptors (Lipinski definition) is 3. The van der Waals surface area contributed by atoms with Gasteiger partial charge in [0.1, 0.15) is 0 Å². The van der Waals surface area contributed by atoms with Crippen LogP contribution in [0.1, 0.15) is 43.2 Å². The fourth-order valence-corrected chi connectivity index (χ4v) is 4.65. The first-order valence-electron chi connectivity index (χ1n) is 8.37. The fourth-order valence-electron chi connectivity index (χ4n) is 3.70. The molecule has 1 heterocycles. The summed E-state index contributed by atoms with van der Waals surface area (Å²) in [7, 11) is 0. The molecule has 128 valence electrons. The summed E-state index contributed by atoms with van der Waals surface area (Å²) in [6.07, 6.45) is 5.13. The molecule has 0 radical (unpaired) electrons. The summed E-state index contributed by atoms with van der Waals surface area (Å²) in [5.74, 6) is 2.40. The first-order valence-corrected chi connectivity index (χ1v) is 9.53. The largest absolute Gasteiger partial charge is 0.347 e. The van der Waals surface area contributed by atoms with E-state index in [9.17, 15) is 4.79 Å². The van der Waals surface area contributed by atoms with Crippen LogP contribution in [-0.4, -0.2) is 30.0 Å². The second-order valence-electron chi connectivity index (χ2n) is 6.64. The maximum atomic E-state index is 12.6. The van der Waals surface area contributed by atoms with Crippen molar-refractivity contribution < 1.29 is 4.79 Å². The Labute approximate surface area is 149 Å².